The highest BCUT2D eigenvalue weighted by Crippen LogP contribution is 2.26. The van der Waals surface area contributed by atoms with Crippen LogP contribution in [-0.2, 0) is 0 Å². The van der Waals surface area contributed by atoms with E-state index >= 15 is 0 Å². The van der Waals surface area contributed by atoms with Crippen molar-refractivity contribution in [2.45, 2.75) is 33.2 Å². The highest BCUT2D eigenvalue weighted by Gasteiger charge is 2.11. The van der Waals surface area contributed by atoms with E-state index in [0.29, 0.717) is 0 Å². The molecule has 15 heavy (non-hydrogen) atoms. The molecule has 84 valence electrons. The van der Waals surface area contributed by atoms with Crippen LogP contribution < -0.4 is 10.6 Å². The minimum Gasteiger partial charge on any atom is -0.372 e. The lowest BCUT2D eigenvalue weighted by Gasteiger charge is -2.26. The molecule has 0 spiro atoms. The van der Waals surface area contributed by atoms with Crippen molar-refractivity contribution in [1.82, 2.24) is 0 Å². The second kappa shape index (κ2) is 5.76. The van der Waals surface area contributed by atoms with Crippen LogP contribution in [-0.4, -0.2) is 13.1 Å². The molecule has 0 saturated heterocycles. The summed E-state index contributed by atoms with van der Waals surface area (Å²) in [5.41, 5.74) is 8.67. The number of nitrogens with two attached hydrogens (primary N) is 1. The summed E-state index contributed by atoms with van der Waals surface area (Å²) < 4.78 is 0. The monoisotopic (exact) mass is 206 g/mol. The van der Waals surface area contributed by atoms with Crippen molar-refractivity contribution in [2.75, 3.05) is 18.0 Å². The molecule has 0 aliphatic heterocycles. The third-order valence-corrected chi connectivity index (χ3v) is 2.88. The summed E-state index contributed by atoms with van der Waals surface area (Å²) in [5.74, 6) is 0. The van der Waals surface area contributed by atoms with E-state index in [2.05, 4.69) is 49.9 Å². The van der Waals surface area contributed by atoms with E-state index in [9.17, 15) is 0 Å². The van der Waals surface area contributed by atoms with Crippen molar-refractivity contribution < 1.29 is 0 Å². The van der Waals surface area contributed by atoms with Crippen LogP contribution in [0.25, 0.3) is 0 Å². The Hall–Kier alpha value is -1.02. The molecule has 2 heteroatoms. The number of para-hydroxylation sites is 1. The highest BCUT2D eigenvalue weighted by molar-refractivity contribution is 5.54. The fourth-order valence-corrected chi connectivity index (χ4v) is 1.87. The van der Waals surface area contributed by atoms with Gasteiger partial charge in [-0.25, -0.2) is 0 Å². The first-order valence-electron chi connectivity index (χ1n) is 5.83. The second-order valence-electron chi connectivity index (χ2n) is 3.75. The Labute approximate surface area is 93.1 Å². The first-order chi connectivity index (χ1) is 7.24. The van der Waals surface area contributed by atoms with E-state index in [-0.39, 0.29) is 6.04 Å². The van der Waals surface area contributed by atoms with Gasteiger partial charge in [-0.05, 0) is 31.9 Å². The average molecular weight is 206 g/mol. The van der Waals surface area contributed by atoms with E-state index in [4.69, 9.17) is 5.73 Å². The van der Waals surface area contributed by atoms with Crippen LogP contribution >= 0.6 is 0 Å². The van der Waals surface area contributed by atoms with Crippen LogP contribution in [0.4, 0.5) is 5.69 Å². The third kappa shape index (κ3) is 2.72. The topological polar surface area (TPSA) is 29.3 Å². The summed E-state index contributed by atoms with van der Waals surface area (Å²) in [7, 11) is 0. The van der Waals surface area contributed by atoms with Crippen LogP contribution in [0.2, 0.25) is 0 Å². The molecular weight excluding hydrogens is 184 g/mol. The van der Waals surface area contributed by atoms with Crippen molar-refractivity contribution in [3.8, 4) is 0 Å². The normalized spacial score (nSPS) is 12.5. The van der Waals surface area contributed by atoms with Crippen LogP contribution in [0, 0.1) is 0 Å². The van der Waals surface area contributed by atoms with Crippen molar-refractivity contribution in [1.29, 1.82) is 0 Å². The van der Waals surface area contributed by atoms with E-state index in [1.807, 2.05) is 0 Å². The molecule has 2 N–H and O–H groups in total. The number of anilines is 1. The molecule has 0 heterocycles. The molecule has 1 aromatic carbocycles. The van der Waals surface area contributed by atoms with Crippen LogP contribution in [0.3, 0.4) is 0 Å². The number of benzene rings is 1. The molecule has 2 nitrogen and oxygen atoms in total. The van der Waals surface area contributed by atoms with Gasteiger partial charge in [0.2, 0.25) is 0 Å². The molecule has 0 radical (unpaired) electrons. The molecule has 0 saturated carbocycles. The van der Waals surface area contributed by atoms with Gasteiger partial charge in [0, 0.05) is 24.8 Å². The van der Waals surface area contributed by atoms with E-state index in [1.54, 1.807) is 0 Å². The van der Waals surface area contributed by atoms with Gasteiger partial charge in [-0.15, -0.1) is 0 Å². The molecule has 0 fully saturated rings. The first kappa shape index (κ1) is 12.1. The zero-order valence-electron chi connectivity index (χ0n) is 10.0. The molecular formula is C13H22N2. The number of hydrogen-bond acceptors (Lipinski definition) is 2. The molecule has 0 aliphatic rings. The lowest BCUT2D eigenvalue weighted by atomic mass is 10.0. The second-order valence-corrected chi connectivity index (χ2v) is 3.75. The Morgan fingerprint density at radius 2 is 1.73 bits per heavy atom. The van der Waals surface area contributed by atoms with E-state index in [0.717, 1.165) is 19.5 Å². The first-order valence-corrected chi connectivity index (χ1v) is 5.83. The largest absolute Gasteiger partial charge is 0.372 e. The maximum atomic E-state index is 6.12. The van der Waals surface area contributed by atoms with Crippen molar-refractivity contribution in [3.63, 3.8) is 0 Å². The third-order valence-electron chi connectivity index (χ3n) is 2.88. The number of nitrogens with zero attached hydrogens (tertiary/aromatic N) is 1. The Bertz CT molecular complexity index is 292. The maximum Gasteiger partial charge on any atom is 0.0414 e. The fourth-order valence-electron chi connectivity index (χ4n) is 1.87. The standard InChI is InChI=1S/C13H22N2/c1-4-12(14)11-9-7-8-10-13(11)15(5-2)6-3/h7-10,12H,4-6,14H2,1-3H3/t12-/m0/s1. The molecule has 0 amide bonds. The SMILES string of the molecule is CC[C@H](N)c1ccccc1N(CC)CC. The number of hydrogen-bond donors (Lipinski definition) is 1. The van der Waals surface area contributed by atoms with Gasteiger partial charge in [0.1, 0.15) is 0 Å². The number of rotatable bonds is 5. The highest BCUT2D eigenvalue weighted by atomic mass is 15.1. The smallest absolute Gasteiger partial charge is 0.0414 e. The van der Waals surface area contributed by atoms with Gasteiger partial charge < -0.3 is 10.6 Å². The zero-order chi connectivity index (χ0) is 11.3. The van der Waals surface area contributed by atoms with E-state index in [1.165, 1.54) is 11.3 Å². The van der Waals surface area contributed by atoms with Crippen molar-refractivity contribution >= 4 is 5.69 Å². The molecule has 1 atom stereocenters. The van der Waals surface area contributed by atoms with Gasteiger partial charge in [0.05, 0.1) is 0 Å². The predicted octanol–water partition coefficient (Wildman–Crippen LogP) is 2.94. The minimum atomic E-state index is 0.154. The molecule has 0 aromatic heterocycles. The fraction of sp³-hybridized carbons (Fsp3) is 0.538. The summed E-state index contributed by atoms with van der Waals surface area (Å²) >= 11 is 0. The van der Waals surface area contributed by atoms with Gasteiger partial charge >= 0.3 is 0 Å². The summed E-state index contributed by atoms with van der Waals surface area (Å²) in [6.45, 7) is 8.55. The summed E-state index contributed by atoms with van der Waals surface area (Å²) in [6.07, 6.45) is 0.984. The quantitative estimate of drug-likeness (QED) is 0.802. The summed E-state index contributed by atoms with van der Waals surface area (Å²) in [4.78, 5) is 2.35. The van der Waals surface area contributed by atoms with Crippen molar-refractivity contribution in [3.05, 3.63) is 29.8 Å². The lowest BCUT2D eigenvalue weighted by Crippen LogP contribution is -2.24. The Morgan fingerprint density at radius 3 is 2.27 bits per heavy atom. The molecule has 0 bridgehead atoms. The predicted molar refractivity (Wildman–Crippen MR) is 67.2 cm³/mol. The summed E-state index contributed by atoms with van der Waals surface area (Å²) in [6, 6.07) is 8.61. The molecule has 0 aliphatic carbocycles. The zero-order valence-corrected chi connectivity index (χ0v) is 10.0. The van der Waals surface area contributed by atoms with Gasteiger partial charge in [-0.3, -0.25) is 0 Å². The molecule has 1 aromatic rings. The molecule has 0 unspecified atom stereocenters. The van der Waals surface area contributed by atoms with Gasteiger partial charge in [-0.1, -0.05) is 25.1 Å². The Morgan fingerprint density at radius 1 is 1.13 bits per heavy atom. The van der Waals surface area contributed by atoms with E-state index < -0.39 is 0 Å². The van der Waals surface area contributed by atoms with Crippen LogP contribution in [0.5, 0.6) is 0 Å². The summed E-state index contributed by atoms with van der Waals surface area (Å²) in [5, 5.41) is 0. The Kier molecular flexibility index (Phi) is 4.63. The maximum absolute atomic E-state index is 6.12. The lowest BCUT2D eigenvalue weighted by molar-refractivity contribution is 0.692. The van der Waals surface area contributed by atoms with Crippen LogP contribution in [0.1, 0.15) is 38.8 Å². The van der Waals surface area contributed by atoms with Gasteiger partial charge in [0.15, 0.2) is 0 Å². The molecule has 1 rings (SSSR count). The van der Waals surface area contributed by atoms with Crippen LogP contribution in [0.15, 0.2) is 24.3 Å². The minimum absolute atomic E-state index is 0.154. The van der Waals surface area contributed by atoms with Crippen molar-refractivity contribution in [2.24, 2.45) is 5.73 Å². The van der Waals surface area contributed by atoms with Gasteiger partial charge in [0.25, 0.3) is 0 Å². The van der Waals surface area contributed by atoms with Gasteiger partial charge in [-0.2, -0.15) is 0 Å². The average Bonchev–Trinajstić information content (AvgIpc) is 2.30. The Balaban J connectivity index is 3.04.